The largest absolute Gasteiger partial charge is 0.469 e. The highest BCUT2D eigenvalue weighted by atomic mass is 79.9. The molecule has 0 spiro atoms. The minimum Gasteiger partial charge on any atom is -0.469 e. The van der Waals surface area contributed by atoms with Crippen molar-refractivity contribution in [3.63, 3.8) is 0 Å². The monoisotopic (exact) mass is 328 g/mol. The highest BCUT2D eigenvalue weighted by molar-refractivity contribution is 9.10. The van der Waals surface area contributed by atoms with Crippen molar-refractivity contribution in [2.24, 2.45) is 5.41 Å². The molecule has 98 valence electrons. The first-order chi connectivity index (χ1) is 8.65. The number of carbonyl (C=O) groups is 1. The van der Waals surface area contributed by atoms with Crippen molar-refractivity contribution in [3.8, 4) is 0 Å². The molecule has 4 heteroatoms. The number of hydrogen-bond donors (Lipinski definition) is 0. The van der Waals surface area contributed by atoms with Crippen LogP contribution < -0.4 is 0 Å². The average molecular weight is 329 g/mol. The molecular weight excluding hydrogens is 312 g/mol. The summed E-state index contributed by atoms with van der Waals surface area (Å²) in [5.41, 5.74) is 1.54. The van der Waals surface area contributed by atoms with Gasteiger partial charge in [0.15, 0.2) is 0 Å². The van der Waals surface area contributed by atoms with Crippen LogP contribution in [0, 0.1) is 5.41 Å². The van der Waals surface area contributed by atoms with Crippen LogP contribution in [-0.4, -0.2) is 18.8 Å². The van der Waals surface area contributed by atoms with E-state index in [-0.39, 0.29) is 11.4 Å². The first-order valence-corrected chi connectivity index (χ1v) is 7.98. The van der Waals surface area contributed by atoms with E-state index in [0.717, 1.165) is 28.8 Å². The highest BCUT2D eigenvalue weighted by Crippen LogP contribution is 2.51. The predicted octanol–water partition coefficient (Wildman–Crippen LogP) is 4.03. The Balaban J connectivity index is 1.79. The number of hydrogen-bond acceptors (Lipinski definition) is 3. The summed E-state index contributed by atoms with van der Waals surface area (Å²) < 4.78 is 5.92. The van der Waals surface area contributed by atoms with Crippen molar-refractivity contribution in [2.45, 2.75) is 25.0 Å². The third-order valence-corrected chi connectivity index (χ3v) is 5.43. The van der Waals surface area contributed by atoms with Gasteiger partial charge < -0.3 is 4.74 Å². The van der Waals surface area contributed by atoms with Gasteiger partial charge in [-0.15, -0.1) is 0 Å². The molecule has 1 aliphatic rings. The molecule has 1 aromatic rings. The normalized spacial score (nSPS) is 16.3. The molecule has 1 saturated carbocycles. The number of methoxy groups -OCH3 is 1. The predicted molar refractivity (Wildman–Crippen MR) is 78.6 cm³/mol. The molecule has 1 aromatic carbocycles. The van der Waals surface area contributed by atoms with Gasteiger partial charge >= 0.3 is 5.97 Å². The van der Waals surface area contributed by atoms with Crippen molar-refractivity contribution in [1.82, 2.24) is 0 Å². The Morgan fingerprint density at radius 3 is 2.78 bits per heavy atom. The standard InChI is InChI=1S/C14H17BrO2S/c1-17-13(16)8-14(6-7-14)10-18-9-11-4-2-3-5-12(11)15/h2-5H,6-10H2,1H3. The van der Waals surface area contributed by atoms with Gasteiger partial charge in [0, 0.05) is 10.2 Å². The number of halogens is 1. The second-order valence-electron chi connectivity index (χ2n) is 4.84. The third-order valence-electron chi connectivity index (χ3n) is 3.33. The fourth-order valence-corrected chi connectivity index (χ4v) is 3.93. The molecule has 0 amide bonds. The van der Waals surface area contributed by atoms with E-state index in [4.69, 9.17) is 4.74 Å². The Morgan fingerprint density at radius 2 is 2.17 bits per heavy atom. The van der Waals surface area contributed by atoms with Crippen LogP contribution in [0.25, 0.3) is 0 Å². The van der Waals surface area contributed by atoms with Gasteiger partial charge in [0.05, 0.1) is 13.5 Å². The topological polar surface area (TPSA) is 26.3 Å². The van der Waals surface area contributed by atoms with Crippen molar-refractivity contribution in [1.29, 1.82) is 0 Å². The number of ether oxygens (including phenoxy) is 1. The number of esters is 1. The Morgan fingerprint density at radius 1 is 1.44 bits per heavy atom. The average Bonchev–Trinajstić information content (AvgIpc) is 3.11. The highest BCUT2D eigenvalue weighted by Gasteiger charge is 2.44. The smallest absolute Gasteiger partial charge is 0.306 e. The molecule has 0 heterocycles. The lowest BCUT2D eigenvalue weighted by atomic mass is 10.1. The maximum Gasteiger partial charge on any atom is 0.306 e. The molecule has 0 atom stereocenters. The summed E-state index contributed by atoms with van der Waals surface area (Å²) in [6.07, 6.45) is 2.89. The lowest BCUT2D eigenvalue weighted by Crippen LogP contribution is -2.13. The fourth-order valence-electron chi connectivity index (χ4n) is 1.92. The van der Waals surface area contributed by atoms with Crippen molar-refractivity contribution in [3.05, 3.63) is 34.3 Å². The maximum absolute atomic E-state index is 11.3. The number of rotatable bonds is 6. The SMILES string of the molecule is COC(=O)CC1(CSCc2ccccc2Br)CC1. The number of benzene rings is 1. The van der Waals surface area contributed by atoms with Gasteiger partial charge in [-0.2, -0.15) is 11.8 Å². The summed E-state index contributed by atoms with van der Waals surface area (Å²) >= 11 is 5.46. The molecular formula is C14H17BrO2S. The van der Waals surface area contributed by atoms with Crippen LogP contribution in [0.1, 0.15) is 24.8 Å². The molecule has 0 aromatic heterocycles. The molecule has 0 N–H and O–H groups in total. The molecule has 1 aliphatic carbocycles. The molecule has 2 rings (SSSR count). The minimum absolute atomic E-state index is 0.0750. The van der Waals surface area contributed by atoms with Gasteiger partial charge in [-0.3, -0.25) is 4.79 Å². The van der Waals surface area contributed by atoms with Crippen LogP contribution in [0.15, 0.2) is 28.7 Å². The summed E-state index contributed by atoms with van der Waals surface area (Å²) in [6, 6.07) is 8.29. The number of carbonyl (C=O) groups excluding carboxylic acids is 1. The summed E-state index contributed by atoms with van der Waals surface area (Å²) in [5.74, 6) is 1.96. The van der Waals surface area contributed by atoms with Crippen LogP contribution in [-0.2, 0) is 15.3 Å². The molecule has 0 unspecified atom stereocenters. The Bertz CT molecular complexity index is 430. The molecule has 0 aliphatic heterocycles. The summed E-state index contributed by atoms with van der Waals surface area (Å²) in [6.45, 7) is 0. The zero-order valence-electron chi connectivity index (χ0n) is 10.4. The molecule has 1 fully saturated rings. The van der Waals surface area contributed by atoms with Gasteiger partial charge in [-0.1, -0.05) is 34.1 Å². The van der Waals surface area contributed by atoms with Gasteiger partial charge in [0.25, 0.3) is 0 Å². The molecule has 0 radical (unpaired) electrons. The van der Waals surface area contributed by atoms with Gasteiger partial charge in [0.2, 0.25) is 0 Å². The maximum atomic E-state index is 11.3. The van der Waals surface area contributed by atoms with E-state index in [1.807, 2.05) is 17.8 Å². The Labute approximate surface area is 121 Å². The van der Waals surface area contributed by atoms with E-state index < -0.39 is 0 Å². The molecule has 18 heavy (non-hydrogen) atoms. The van der Waals surface area contributed by atoms with E-state index >= 15 is 0 Å². The van der Waals surface area contributed by atoms with Crippen LogP contribution >= 0.6 is 27.7 Å². The summed E-state index contributed by atoms with van der Waals surface area (Å²) in [7, 11) is 1.46. The van der Waals surface area contributed by atoms with Crippen molar-refractivity contribution in [2.75, 3.05) is 12.9 Å². The van der Waals surface area contributed by atoms with Gasteiger partial charge in [-0.25, -0.2) is 0 Å². The van der Waals surface area contributed by atoms with E-state index in [2.05, 4.69) is 34.1 Å². The zero-order chi connectivity index (χ0) is 13.0. The van der Waals surface area contributed by atoms with Gasteiger partial charge in [0.1, 0.15) is 0 Å². The first-order valence-electron chi connectivity index (χ1n) is 6.03. The van der Waals surface area contributed by atoms with E-state index in [1.165, 1.54) is 12.7 Å². The van der Waals surface area contributed by atoms with Crippen LogP contribution in [0.4, 0.5) is 0 Å². The Kier molecular flexibility index (Phi) is 4.73. The van der Waals surface area contributed by atoms with E-state index in [1.54, 1.807) is 0 Å². The molecule has 0 saturated heterocycles. The molecule has 0 bridgehead atoms. The number of thioether (sulfide) groups is 1. The van der Waals surface area contributed by atoms with Crippen LogP contribution in [0.3, 0.4) is 0 Å². The second-order valence-corrected chi connectivity index (χ2v) is 6.68. The Hall–Kier alpha value is -0.480. The second kappa shape index (κ2) is 6.11. The van der Waals surface area contributed by atoms with Crippen molar-refractivity contribution < 1.29 is 9.53 Å². The third kappa shape index (κ3) is 3.75. The first kappa shape index (κ1) is 13.9. The summed E-state index contributed by atoms with van der Waals surface area (Å²) in [4.78, 5) is 11.3. The van der Waals surface area contributed by atoms with Crippen LogP contribution in [0.5, 0.6) is 0 Å². The lowest BCUT2D eigenvalue weighted by Gasteiger charge is -2.13. The zero-order valence-corrected chi connectivity index (χ0v) is 12.9. The minimum atomic E-state index is -0.0750. The van der Waals surface area contributed by atoms with E-state index in [0.29, 0.717) is 6.42 Å². The van der Waals surface area contributed by atoms with Crippen molar-refractivity contribution >= 4 is 33.7 Å². The van der Waals surface area contributed by atoms with Crippen LogP contribution in [0.2, 0.25) is 0 Å². The summed E-state index contributed by atoms with van der Waals surface area (Å²) in [5, 5.41) is 0. The van der Waals surface area contributed by atoms with Gasteiger partial charge in [-0.05, 0) is 35.6 Å². The lowest BCUT2D eigenvalue weighted by molar-refractivity contribution is -0.141. The quantitative estimate of drug-likeness (QED) is 0.737. The fraction of sp³-hybridized carbons (Fsp3) is 0.500. The molecule has 2 nitrogen and oxygen atoms in total. The van der Waals surface area contributed by atoms with E-state index in [9.17, 15) is 4.79 Å².